The average Bonchev–Trinajstić information content (AvgIpc) is 2.74. The second-order valence-electron chi connectivity index (χ2n) is 6.94. The van der Waals surface area contributed by atoms with Crippen molar-refractivity contribution in [1.29, 1.82) is 0 Å². The number of rotatable bonds is 9. The van der Waals surface area contributed by atoms with Crippen LogP contribution in [0.25, 0.3) is 0 Å². The van der Waals surface area contributed by atoms with Gasteiger partial charge in [0, 0.05) is 6.54 Å². The largest absolute Gasteiger partial charge is 0.316 e. The van der Waals surface area contributed by atoms with Crippen molar-refractivity contribution in [2.24, 2.45) is 17.3 Å². The molecule has 1 saturated heterocycles. The molecule has 0 amide bonds. The molecule has 120 valence electrons. The molecule has 0 aromatic heterocycles. The monoisotopic (exact) mass is 303 g/mol. The van der Waals surface area contributed by atoms with E-state index in [1.807, 2.05) is 0 Å². The Balaban J connectivity index is 2.76. The zero-order valence-corrected chi connectivity index (χ0v) is 14.6. The van der Waals surface area contributed by atoms with Gasteiger partial charge in [-0.05, 0) is 43.1 Å². The Bertz CT molecular complexity index is 378. The maximum atomic E-state index is 11.8. The van der Waals surface area contributed by atoms with Gasteiger partial charge in [-0.1, -0.05) is 40.5 Å². The molecule has 0 aliphatic carbocycles. The van der Waals surface area contributed by atoms with Crippen LogP contribution in [0, 0.1) is 17.3 Å². The van der Waals surface area contributed by atoms with Gasteiger partial charge in [-0.2, -0.15) is 0 Å². The summed E-state index contributed by atoms with van der Waals surface area (Å²) in [6, 6.07) is 0. The topological polar surface area (TPSA) is 46.2 Å². The van der Waals surface area contributed by atoms with Gasteiger partial charge in [-0.15, -0.1) is 0 Å². The minimum absolute atomic E-state index is 0.175. The maximum Gasteiger partial charge on any atom is 0.150 e. The van der Waals surface area contributed by atoms with Gasteiger partial charge < -0.3 is 5.32 Å². The van der Waals surface area contributed by atoms with Crippen LogP contribution in [0.1, 0.15) is 59.8 Å². The SMILES string of the molecule is CCCCC(CC)(CNCC(C)C)C1CCS(=O)(=O)C1. The van der Waals surface area contributed by atoms with Crippen LogP contribution in [-0.2, 0) is 9.84 Å². The van der Waals surface area contributed by atoms with E-state index in [4.69, 9.17) is 0 Å². The summed E-state index contributed by atoms with van der Waals surface area (Å²) in [5.74, 6) is 1.80. The van der Waals surface area contributed by atoms with Crippen molar-refractivity contribution in [2.45, 2.75) is 59.8 Å². The van der Waals surface area contributed by atoms with Crippen LogP contribution in [0.4, 0.5) is 0 Å². The molecule has 1 rings (SSSR count). The molecule has 1 aliphatic heterocycles. The molecule has 0 aromatic carbocycles. The van der Waals surface area contributed by atoms with Crippen molar-refractivity contribution in [1.82, 2.24) is 5.32 Å². The zero-order valence-electron chi connectivity index (χ0n) is 13.7. The first-order chi connectivity index (χ1) is 9.35. The highest BCUT2D eigenvalue weighted by Crippen LogP contribution is 2.42. The van der Waals surface area contributed by atoms with Crippen molar-refractivity contribution >= 4 is 9.84 Å². The number of hydrogen-bond donors (Lipinski definition) is 1. The van der Waals surface area contributed by atoms with Gasteiger partial charge in [-0.25, -0.2) is 8.42 Å². The van der Waals surface area contributed by atoms with Crippen molar-refractivity contribution in [3.05, 3.63) is 0 Å². The van der Waals surface area contributed by atoms with E-state index >= 15 is 0 Å². The molecular weight excluding hydrogens is 270 g/mol. The molecule has 2 unspecified atom stereocenters. The minimum Gasteiger partial charge on any atom is -0.316 e. The summed E-state index contributed by atoms with van der Waals surface area (Å²) < 4.78 is 23.7. The Morgan fingerprint density at radius 2 is 2.00 bits per heavy atom. The summed E-state index contributed by atoms with van der Waals surface area (Å²) in [7, 11) is -2.78. The molecule has 3 nitrogen and oxygen atoms in total. The molecule has 0 aromatic rings. The van der Waals surface area contributed by atoms with E-state index in [-0.39, 0.29) is 5.41 Å². The average molecular weight is 304 g/mol. The second kappa shape index (κ2) is 7.79. The third-order valence-corrected chi connectivity index (χ3v) is 6.63. The predicted molar refractivity (Wildman–Crippen MR) is 86.7 cm³/mol. The van der Waals surface area contributed by atoms with Crippen LogP contribution in [0.2, 0.25) is 0 Å². The van der Waals surface area contributed by atoms with Crippen LogP contribution in [0.15, 0.2) is 0 Å². The summed E-state index contributed by atoms with van der Waals surface area (Å²) in [5, 5.41) is 3.60. The summed E-state index contributed by atoms with van der Waals surface area (Å²) in [6.07, 6.45) is 5.49. The third-order valence-electron chi connectivity index (χ3n) is 4.86. The molecule has 0 radical (unpaired) electrons. The Morgan fingerprint density at radius 1 is 1.30 bits per heavy atom. The van der Waals surface area contributed by atoms with Crippen molar-refractivity contribution in [2.75, 3.05) is 24.6 Å². The van der Waals surface area contributed by atoms with Crippen LogP contribution < -0.4 is 5.32 Å². The minimum atomic E-state index is -2.78. The van der Waals surface area contributed by atoms with E-state index in [1.165, 1.54) is 12.8 Å². The standard InChI is InChI=1S/C16H33NO2S/c1-5-7-9-16(6-2,13-17-11-14(3)4)15-8-10-20(18,19)12-15/h14-15,17H,5-13H2,1-4H3. The normalized spacial score (nSPS) is 24.9. The van der Waals surface area contributed by atoms with Gasteiger partial charge in [0.1, 0.15) is 0 Å². The summed E-state index contributed by atoms with van der Waals surface area (Å²) in [4.78, 5) is 0. The molecule has 1 aliphatic rings. The van der Waals surface area contributed by atoms with Gasteiger partial charge in [0.2, 0.25) is 0 Å². The highest BCUT2D eigenvalue weighted by Gasteiger charge is 2.42. The zero-order chi connectivity index (χ0) is 15.2. The van der Waals surface area contributed by atoms with Crippen LogP contribution in [-0.4, -0.2) is 33.0 Å². The van der Waals surface area contributed by atoms with Crippen LogP contribution >= 0.6 is 0 Å². The fourth-order valence-corrected chi connectivity index (χ4v) is 5.39. The lowest BCUT2D eigenvalue weighted by atomic mass is 9.69. The molecule has 4 heteroatoms. The molecule has 0 bridgehead atoms. The van der Waals surface area contributed by atoms with Gasteiger partial charge in [0.05, 0.1) is 11.5 Å². The molecule has 1 fully saturated rings. The van der Waals surface area contributed by atoms with Crippen molar-refractivity contribution in [3.8, 4) is 0 Å². The highest BCUT2D eigenvalue weighted by molar-refractivity contribution is 7.91. The Kier molecular flexibility index (Phi) is 6.99. The third kappa shape index (κ3) is 5.03. The van der Waals surface area contributed by atoms with Crippen molar-refractivity contribution in [3.63, 3.8) is 0 Å². The first kappa shape index (κ1) is 18.0. The summed E-state index contributed by atoms with van der Waals surface area (Å²) >= 11 is 0. The Hall–Kier alpha value is -0.0900. The predicted octanol–water partition coefficient (Wildman–Crippen LogP) is 3.25. The number of sulfone groups is 1. The van der Waals surface area contributed by atoms with Gasteiger partial charge in [-0.3, -0.25) is 0 Å². The van der Waals surface area contributed by atoms with Gasteiger partial charge >= 0.3 is 0 Å². The molecular formula is C16H33NO2S. The number of unbranched alkanes of at least 4 members (excludes halogenated alkanes) is 1. The summed E-state index contributed by atoms with van der Waals surface area (Å²) in [5.41, 5.74) is 0.175. The van der Waals surface area contributed by atoms with E-state index in [2.05, 4.69) is 33.0 Å². The Labute approximate surface area is 125 Å². The number of nitrogens with one attached hydrogen (secondary N) is 1. The van der Waals surface area contributed by atoms with Crippen LogP contribution in [0.3, 0.4) is 0 Å². The fourth-order valence-electron chi connectivity index (χ4n) is 3.44. The van der Waals surface area contributed by atoms with E-state index in [0.717, 1.165) is 32.4 Å². The molecule has 0 spiro atoms. The molecule has 1 N–H and O–H groups in total. The smallest absolute Gasteiger partial charge is 0.150 e. The van der Waals surface area contributed by atoms with Crippen LogP contribution in [0.5, 0.6) is 0 Å². The molecule has 0 saturated carbocycles. The lowest BCUT2D eigenvalue weighted by Gasteiger charge is -2.39. The highest BCUT2D eigenvalue weighted by atomic mass is 32.2. The van der Waals surface area contributed by atoms with E-state index < -0.39 is 9.84 Å². The molecule has 2 atom stereocenters. The fraction of sp³-hybridized carbons (Fsp3) is 1.00. The lowest BCUT2D eigenvalue weighted by molar-refractivity contribution is 0.142. The Morgan fingerprint density at radius 3 is 2.45 bits per heavy atom. The van der Waals surface area contributed by atoms with E-state index in [9.17, 15) is 8.42 Å². The molecule has 1 heterocycles. The quantitative estimate of drug-likeness (QED) is 0.711. The first-order valence-electron chi connectivity index (χ1n) is 8.26. The molecule has 20 heavy (non-hydrogen) atoms. The van der Waals surface area contributed by atoms with Gasteiger partial charge in [0.15, 0.2) is 9.84 Å². The van der Waals surface area contributed by atoms with Crippen molar-refractivity contribution < 1.29 is 8.42 Å². The number of hydrogen-bond acceptors (Lipinski definition) is 3. The lowest BCUT2D eigenvalue weighted by Crippen LogP contribution is -2.41. The maximum absolute atomic E-state index is 11.8. The second-order valence-corrected chi connectivity index (χ2v) is 9.17. The first-order valence-corrected chi connectivity index (χ1v) is 10.1. The van der Waals surface area contributed by atoms with Gasteiger partial charge in [0.25, 0.3) is 0 Å². The summed E-state index contributed by atoms with van der Waals surface area (Å²) in [6.45, 7) is 10.9. The van der Waals surface area contributed by atoms with E-state index in [1.54, 1.807) is 0 Å². The van der Waals surface area contributed by atoms with E-state index in [0.29, 0.717) is 23.3 Å².